The van der Waals surface area contributed by atoms with Crippen LogP contribution in [0.25, 0.3) is 5.69 Å². The van der Waals surface area contributed by atoms with Gasteiger partial charge in [0, 0.05) is 30.9 Å². The van der Waals surface area contributed by atoms with Crippen molar-refractivity contribution in [2.45, 2.75) is 33.2 Å². The topological polar surface area (TPSA) is 81.2 Å². The predicted molar refractivity (Wildman–Crippen MR) is 96.8 cm³/mol. The molecule has 132 valence electrons. The number of piperidine rings is 1. The van der Waals surface area contributed by atoms with E-state index in [0.29, 0.717) is 18.8 Å². The Balaban J connectivity index is 1.97. The van der Waals surface area contributed by atoms with E-state index < -0.39 is 0 Å². The van der Waals surface area contributed by atoms with Crippen LogP contribution in [0, 0.1) is 12.3 Å². The van der Waals surface area contributed by atoms with Gasteiger partial charge in [0.2, 0.25) is 5.43 Å². The zero-order valence-corrected chi connectivity index (χ0v) is 14.9. The lowest BCUT2D eigenvalue weighted by molar-refractivity contribution is 0.0524. The van der Waals surface area contributed by atoms with Gasteiger partial charge in [-0.05, 0) is 30.9 Å². The van der Waals surface area contributed by atoms with Crippen LogP contribution in [0.4, 0.5) is 0 Å². The summed E-state index contributed by atoms with van der Waals surface area (Å²) in [6, 6.07) is 11.0. The van der Waals surface area contributed by atoms with Crippen LogP contribution < -0.4 is 11.2 Å². The highest BCUT2D eigenvalue weighted by atomic mass is 16.2. The Kier molecular flexibility index (Phi) is 4.47. The van der Waals surface area contributed by atoms with Crippen molar-refractivity contribution in [2.75, 3.05) is 13.1 Å². The van der Waals surface area contributed by atoms with Crippen LogP contribution in [-0.4, -0.2) is 39.7 Å². The van der Waals surface area contributed by atoms with Crippen molar-refractivity contribution in [3.63, 3.8) is 0 Å². The number of para-hydroxylation sites is 1. The van der Waals surface area contributed by atoms with Gasteiger partial charge in [-0.1, -0.05) is 32.0 Å². The summed E-state index contributed by atoms with van der Waals surface area (Å²) in [5, 5.41) is 4.37. The maximum atomic E-state index is 12.9. The summed E-state index contributed by atoms with van der Waals surface area (Å²) in [6.45, 7) is 6.96. The number of carbonyl (C=O) groups excluding carboxylic acids is 1. The van der Waals surface area contributed by atoms with E-state index in [9.17, 15) is 9.59 Å². The Labute approximate surface area is 147 Å². The summed E-state index contributed by atoms with van der Waals surface area (Å²) in [4.78, 5) is 27.0. The van der Waals surface area contributed by atoms with E-state index >= 15 is 0 Å². The smallest absolute Gasteiger partial charge is 0.278 e. The molecule has 0 spiro atoms. The Morgan fingerprint density at radius 3 is 2.60 bits per heavy atom. The number of amides is 1. The van der Waals surface area contributed by atoms with Gasteiger partial charge in [-0.2, -0.15) is 5.10 Å². The van der Waals surface area contributed by atoms with Gasteiger partial charge < -0.3 is 10.6 Å². The number of aryl methyl sites for hydroxylation is 1. The molecule has 1 aromatic heterocycles. The second-order valence-corrected chi connectivity index (χ2v) is 7.36. The minimum absolute atomic E-state index is 0.0410. The van der Waals surface area contributed by atoms with Crippen molar-refractivity contribution >= 4 is 5.91 Å². The molecule has 1 atom stereocenters. The van der Waals surface area contributed by atoms with E-state index in [4.69, 9.17) is 5.73 Å². The van der Waals surface area contributed by atoms with Crippen molar-refractivity contribution < 1.29 is 4.79 Å². The first kappa shape index (κ1) is 17.4. The lowest BCUT2D eigenvalue weighted by atomic mass is 9.79. The summed E-state index contributed by atoms with van der Waals surface area (Å²) in [6.07, 6.45) is 0.720. The molecule has 0 radical (unpaired) electrons. The number of hydrogen-bond acceptors (Lipinski definition) is 4. The van der Waals surface area contributed by atoms with Crippen molar-refractivity contribution in [2.24, 2.45) is 11.1 Å². The first-order chi connectivity index (χ1) is 11.8. The number of hydrogen-bond donors (Lipinski definition) is 1. The number of likely N-dealkylation sites (tertiary alicyclic amines) is 1. The highest BCUT2D eigenvalue weighted by molar-refractivity contribution is 5.92. The summed E-state index contributed by atoms with van der Waals surface area (Å²) >= 11 is 0. The molecule has 6 heteroatoms. The average Bonchev–Trinajstić information content (AvgIpc) is 2.57. The molecule has 3 rings (SSSR count). The first-order valence-corrected chi connectivity index (χ1v) is 8.51. The van der Waals surface area contributed by atoms with E-state index in [-0.39, 0.29) is 28.5 Å². The molecule has 25 heavy (non-hydrogen) atoms. The molecule has 0 aliphatic carbocycles. The van der Waals surface area contributed by atoms with E-state index in [2.05, 4.69) is 5.10 Å². The third-order valence-corrected chi connectivity index (χ3v) is 4.91. The van der Waals surface area contributed by atoms with E-state index in [0.717, 1.165) is 12.1 Å². The van der Waals surface area contributed by atoms with Gasteiger partial charge in [0.15, 0.2) is 5.69 Å². The van der Waals surface area contributed by atoms with Crippen LogP contribution >= 0.6 is 0 Å². The van der Waals surface area contributed by atoms with Crippen LogP contribution in [0.5, 0.6) is 0 Å². The molecule has 2 aromatic rings. The number of aromatic nitrogens is 2. The molecule has 1 unspecified atom stereocenters. The monoisotopic (exact) mass is 340 g/mol. The number of nitrogens with zero attached hydrogens (tertiary/aromatic N) is 3. The molecule has 1 amide bonds. The van der Waals surface area contributed by atoms with Gasteiger partial charge in [0.05, 0.1) is 5.69 Å². The molecule has 2 heterocycles. The molecule has 0 saturated carbocycles. The Bertz CT molecular complexity index is 842. The molecule has 1 fully saturated rings. The van der Waals surface area contributed by atoms with Crippen LogP contribution in [0.3, 0.4) is 0 Å². The molecular weight excluding hydrogens is 316 g/mol. The maximum absolute atomic E-state index is 12.9. The Hall–Kier alpha value is -2.47. The SMILES string of the molecule is Cc1cc(=O)c(C(=O)N2CCC(N)C(C)(C)C2)nn1-c1ccccc1. The van der Waals surface area contributed by atoms with Gasteiger partial charge in [-0.25, -0.2) is 4.68 Å². The number of carbonyl (C=O) groups is 1. The van der Waals surface area contributed by atoms with E-state index in [1.165, 1.54) is 6.07 Å². The lowest BCUT2D eigenvalue weighted by Gasteiger charge is -2.42. The Morgan fingerprint density at radius 1 is 1.28 bits per heavy atom. The average molecular weight is 340 g/mol. The van der Waals surface area contributed by atoms with Gasteiger partial charge >= 0.3 is 0 Å². The predicted octanol–water partition coefficient (Wildman–Crippen LogP) is 1.74. The summed E-state index contributed by atoms with van der Waals surface area (Å²) in [7, 11) is 0. The standard InChI is InChI=1S/C19H24N4O2/c1-13-11-15(24)17(21-23(13)14-7-5-4-6-8-14)18(25)22-10-9-16(20)19(2,3)12-22/h4-8,11,16H,9-10,12,20H2,1-3H3. The summed E-state index contributed by atoms with van der Waals surface area (Å²) in [5.74, 6) is -0.324. The molecule has 1 aromatic carbocycles. The third-order valence-electron chi connectivity index (χ3n) is 4.91. The highest BCUT2D eigenvalue weighted by Gasteiger charge is 2.36. The third kappa shape index (κ3) is 3.35. The summed E-state index contributed by atoms with van der Waals surface area (Å²) in [5.41, 5.74) is 7.08. The fraction of sp³-hybridized carbons (Fsp3) is 0.421. The molecule has 6 nitrogen and oxygen atoms in total. The molecule has 0 bridgehead atoms. The number of nitrogens with two attached hydrogens (primary N) is 1. The van der Waals surface area contributed by atoms with Gasteiger partial charge in [0.1, 0.15) is 0 Å². The zero-order valence-electron chi connectivity index (χ0n) is 14.9. The fourth-order valence-corrected chi connectivity index (χ4v) is 3.22. The largest absolute Gasteiger partial charge is 0.336 e. The van der Waals surface area contributed by atoms with Crippen molar-refractivity contribution in [3.05, 3.63) is 58.0 Å². The molecule has 1 aliphatic heterocycles. The second-order valence-electron chi connectivity index (χ2n) is 7.36. The second kappa shape index (κ2) is 6.44. The Morgan fingerprint density at radius 2 is 1.96 bits per heavy atom. The zero-order chi connectivity index (χ0) is 18.2. The van der Waals surface area contributed by atoms with Crippen LogP contribution in [0.1, 0.15) is 36.5 Å². The lowest BCUT2D eigenvalue weighted by Crippen LogP contribution is -2.54. The van der Waals surface area contributed by atoms with Crippen LogP contribution in [-0.2, 0) is 0 Å². The minimum Gasteiger partial charge on any atom is -0.336 e. The molecule has 2 N–H and O–H groups in total. The minimum atomic E-state index is -0.345. The van der Waals surface area contributed by atoms with E-state index in [1.807, 2.05) is 44.2 Å². The fourth-order valence-electron chi connectivity index (χ4n) is 3.22. The van der Waals surface area contributed by atoms with Crippen molar-refractivity contribution in [3.8, 4) is 5.69 Å². The molecule has 1 saturated heterocycles. The van der Waals surface area contributed by atoms with Gasteiger partial charge in [0.25, 0.3) is 5.91 Å². The molecular formula is C19H24N4O2. The number of rotatable bonds is 2. The van der Waals surface area contributed by atoms with Crippen LogP contribution in [0.2, 0.25) is 0 Å². The van der Waals surface area contributed by atoms with Crippen molar-refractivity contribution in [1.82, 2.24) is 14.7 Å². The summed E-state index contributed by atoms with van der Waals surface area (Å²) < 4.78 is 1.63. The quantitative estimate of drug-likeness (QED) is 0.903. The van der Waals surface area contributed by atoms with E-state index in [1.54, 1.807) is 16.5 Å². The molecule has 1 aliphatic rings. The van der Waals surface area contributed by atoms with Gasteiger partial charge in [-0.15, -0.1) is 0 Å². The van der Waals surface area contributed by atoms with Gasteiger partial charge in [-0.3, -0.25) is 9.59 Å². The van der Waals surface area contributed by atoms with Crippen LogP contribution in [0.15, 0.2) is 41.2 Å². The first-order valence-electron chi connectivity index (χ1n) is 8.51. The van der Waals surface area contributed by atoms with Crippen molar-refractivity contribution in [1.29, 1.82) is 0 Å². The normalized spacial score (nSPS) is 19.7. The number of benzene rings is 1. The highest BCUT2D eigenvalue weighted by Crippen LogP contribution is 2.28. The maximum Gasteiger partial charge on any atom is 0.278 e.